The van der Waals surface area contributed by atoms with Crippen molar-refractivity contribution in [3.63, 3.8) is 0 Å². The number of carbonyl (C=O) groups is 4. The van der Waals surface area contributed by atoms with Gasteiger partial charge in [-0.05, 0) is 60.6 Å². The minimum atomic E-state index is -1.08. The fourth-order valence-electron chi connectivity index (χ4n) is 2.73. The normalized spacial score (nSPS) is 16.0. The molecule has 1 atom stereocenters. The molecule has 0 spiro atoms. The molecule has 1 heterocycles. The van der Waals surface area contributed by atoms with Crippen LogP contribution in [0.2, 0.25) is 0 Å². The number of ether oxygens (including phenoxy) is 1. The number of carboxylic acids is 1. The maximum Gasteiger partial charge on any atom is 0.338 e. The number of nitrogens with zero attached hydrogens (tertiary/aromatic N) is 1. The highest BCUT2D eigenvalue weighted by Gasteiger charge is 2.39. The number of carbonyl (C=O) groups excluding carboxylic acids is 3. The van der Waals surface area contributed by atoms with Gasteiger partial charge in [-0.3, -0.25) is 14.5 Å². The SMILES string of the molecule is CCOC(=O)c1ccc(N[C@@H]2SC(=O)N(Cc3cccc(C(=O)O)c3)C2=O)cc1. The number of anilines is 1. The third-order valence-electron chi connectivity index (χ3n) is 4.14. The van der Waals surface area contributed by atoms with Gasteiger partial charge in [0.05, 0.1) is 24.3 Å². The van der Waals surface area contributed by atoms with E-state index in [1.165, 1.54) is 12.1 Å². The quantitative estimate of drug-likeness (QED) is 0.664. The molecule has 1 aliphatic rings. The van der Waals surface area contributed by atoms with E-state index in [2.05, 4.69) is 5.32 Å². The lowest BCUT2D eigenvalue weighted by atomic mass is 10.1. The number of carboxylic acid groups (broad SMARTS) is 1. The van der Waals surface area contributed by atoms with Crippen molar-refractivity contribution >= 4 is 40.5 Å². The van der Waals surface area contributed by atoms with Gasteiger partial charge in [0.1, 0.15) is 0 Å². The Balaban J connectivity index is 1.66. The van der Waals surface area contributed by atoms with Crippen LogP contribution in [0.15, 0.2) is 48.5 Å². The summed E-state index contributed by atoms with van der Waals surface area (Å²) in [7, 11) is 0. The second-order valence-corrected chi connectivity index (χ2v) is 7.19. The number of benzene rings is 2. The first-order chi connectivity index (χ1) is 13.9. The summed E-state index contributed by atoms with van der Waals surface area (Å²) in [5.74, 6) is -1.93. The summed E-state index contributed by atoms with van der Waals surface area (Å²) in [5.41, 5.74) is 1.60. The summed E-state index contributed by atoms with van der Waals surface area (Å²) in [6.45, 7) is 1.99. The lowest BCUT2D eigenvalue weighted by Crippen LogP contribution is -2.34. The Bertz CT molecular complexity index is 960. The maximum absolute atomic E-state index is 12.6. The highest BCUT2D eigenvalue weighted by Crippen LogP contribution is 2.29. The third kappa shape index (κ3) is 4.75. The van der Waals surface area contributed by atoms with E-state index >= 15 is 0 Å². The van der Waals surface area contributed by atoms with E-state index in [9.17, 15) is 19.2 Å². The summed E-state index contributed by atoms with van der Waals surface area (Å²) in [6, 6.07) is 12.5. The van der Waals surface area contributed by atoms with E-state index in [4.69, 9.17) is 9.84 Å². The molecule has 8 nitrogen and oxygen atoms in total. The number of hydrogen-bond acceptors (Lipinski definition) is 7. The monoisotopic (exact) mass is 414 g/mol. The van der Waals surface area contributed by atoms with Crippen molar-refractivity contribution in [3.8, 4) is 0 Å². The van der Waals surface area contributed by atoms with Crippen molar-refractivity contribution in [2.75, 3.05) is 11.9 Å². The molecular formula is C20H18N2O6S. The summed E-state index contributed by atoms with van der Waals surface area (Å²) in [6.07, 6.45) is 0. The lowest BCUT2D eigenvalue weighted by molar-refractivity contribution is -0.126. The van der Waals surface area contributed by atoms with Gasteiger partial charge in [-0.2, -0.15) is 0 Å². The second-order valence-electron chi connectivity index (χ2n) is 6.14. The molecule has 29 heavy (non-hydrogen) atoms. The lowest BCUT2D eigenvalue weighted by Gasteiger charge is -2.15. The number of esters is 1. The van der Waals surface area contributed by atoms with Crippen LogP contribution in [0.25, 0.3) is 0 Å². The molecule has 2 N–H and O–H groups in total. The van der Waals surface area contributed by atoms with Crippen LogP contribution in [0.5, 0.6) is 0 Å². The first-order valence-electron chi connectivity index (χ1n) is 8.77. The molecule has 0 saturated carbocycles. The van der Waals surface area contributed by atoms with E-state index in [0.717, 1.165) is 16.7 Å². The van der Waals surface area contributed by atoms with Gasteiger partial charge in [-0.25, -0.2) is 9.59 Å². The third-order valence-corrected chi connectivity index (χ3v) is 5.12. The molecule has 3 rings (SSSR count). The Morgan fingerprint density at radius 1 is 1.14 bits per heavy atom. The van der Waals surface area contributed by atoms with Gasteiger partial charge in [0.15, 0.2) is 5.37 Å². The van der Waals surface area contributed by atoms with Crippen molar-refractivity contribution in [1.29, 1.82) is 0 Å². The number of amides is 2. The van der Waals surface area contributed by atoms with Crippen LogP contribution in [0.3, 0.4) is 0 Å². The van der Waals surface area contributed by atoms with Gasteiger partial charge in [-0.1, -0.05) is 12.1 Å². The molecule has 2 aromatic rings. The fraction of sp³-hybridized carbons (Fsp3) is 0.200. The summed E-state index contributed by atoms with van der Waals surface area (Å²) < 4.78 is 4.92. The Hall–Kier alpha value is -3.33. The Kier molecular flexibility index (Phi) is 6.18. The van der Waals surface area contributed by atoms with Crippen LogP contribution in [-0.4, -0.2) is 45.1 Å². The van der Waals surface area contributed by atoms with Crippen LogP contribution >= 0.6 is 11.8 Å². The highest BCUT2D eigenvalue weighted by molar-refractivity contribution is 8.15. The average molecular weight is 414 g/mol. The molecule has 0 bridgehead atoms. The molecule has 9 heteroatoms. The van der Waals surface area contributed by atoms with Crippen LogP contribution in [0.1, 0.15) is 33.2 Å². The van der Waals surface area contributed by atoms with Gasteiger partial charge in [0.2, 0.25) is 0 Å². The minimum absolute atomic E-state index is 0.00817. The summed E-state index contributed by atoms with van der Waals surface area (Å²) in [5, 5.41) is 10.8. The van der Waals surface area contributed by atoms with Gasteiger partial charge in [0.25, 0.3) is 11.1 Å². The van der Waals surface area contributed by atoms with E-state index in [1.54, 1.807) is 43.3 Å². The minimum Gasteiger partial charge on any atom is -0.478 e. The van der Waals surface area contributed by atoms with E-state index in [1.807, 2.05) is 0 Å². The smallest absolute Gasteiger partial charge is 0.338 e. The van der Waals surface area contributed by atoms with E-state index < -0.39 is 28.5 Å². The van der Waals surface area contributed by atoms with E-state index in [0.29, 0.717) is 16.8 Å². The van der Waals surface area contributed by atoms with Crippen molar-refractivity contribution in [2.45, 2.75) is 18.8 Å². The highest BCUT2D eigenvalue weighted by atomic mass is 32.2. The average Bonchev–Trinajstić information content (AvgIpc) is 2.96. The predicted octanol–water partition coefficient (Wildman–Crippen LogP) is 3.20. The Morgan fingerprint density at radius 3 is 2.52 bits per heavy atom. The largest absolute Gasteiger partial charge is 0.478 e. The zero-order valence-electron chi connectivity index (χ0n) is 15.5. The zero-order valence-corrected chi connectivity index (χ0v) is 16.3. The molecule has 0 aliphatic carbocycles. The first kappa shape index (κ1) is 20.4. The molecular weight excluding hydrogens is 396 g/mol. The van der Waals surface area contributed by atoms with Gasteiger partial charge >= 0.3 is 11.9 Å². The van der Waals surface area contributed by atoms with Crippen molar-refractivity contribution in [2.24, 2.45) is 0 Å². The number of nitrogens with one attached hydrogen (secondary N) is 1. The molecule has 0 radical (unpaired) electrons. The molecule has 1 fully saturated rings. The van der Waals surface area contributed by atoms with Crippen molar-refractivity contribution in [3.05, 3.63) is 65.2 Å². The standard InChI is InChI=1S/C20H18N2O6S/c1-2-28-19(26)13-6-8-15(9-7-13)21-16-17(23)22(20(27)29-16)11-12-4-3-5-14(10-12)18(24)25/h3-10,16,21H,2,11H2,1H3,(H,24,25)/t16-/m1/s1. The zero-order chi connectivity index (χ0) is 21.0. The molecule has 1 saturated heterocycles. The molecule has 0 aromatic heterocycles. The summed E-state index contributed by atoms with van der Waals surface area (Å²) in [4.78, 5) is 48.8. The molecule has 1 aliphatic heterocycles. The first-order valence-corrected chi connectivity index (χ1v) is 9.65. The second kappa shape index (κ2) is 8.78. The topological polar surface area (TPSA) is 113 Å². The van der Waals surface area contributed by atoms with Crippen LogP contribution < -0.4 is 5.32 Å². The number of thioether (sulfide) groups is 1. The Morgan fingerprint density at radius 2 is 1.86 bits per heavy atom. The molecule has 150 valence electrons. The van der Waals surface area contributed by atoms with E-state index in [-0.39, 0.29) is 18.7 Å². The fourth-order valence-corrected chi connectivity index (χ4v) is 3.64. The van der Waals surface area contributed by atoms with Gasteiger partial charge in [0, 0.05) is 5.69 Å². The number of aromatic carboxylic acids is 1. The molecule has 2 amide bonds. The number of rotatable bonds is 7. The number of imide groups is 1. The van der Waals surface area contributed by atoms with Crippen LogP contribution in [0.4, 0.5) is 10.5 Å². The number of hydrogen-bond donors (Lipinski definition) is 2. The molecule has 0 unspecified atom stereocenters. The van der Waals surface area contributed by atoms with Crippen LogP contribution in [-0.2, 0) is 16.1 Å². The van der Waals surface area contributed by atoms with Crippen molar-refractivity contribution in [1.82, 2.24) is 4.90 Å². The predicted molar refractivity (Wildman–Crippen MR) is 107 cm³/mol. The summed E-state index contributed by atoms with van der Waals surface area (Å²) >= 11 is 0.843. The van der Waals surface area contributed by atoms with Crippen LogP contribution in [0, 0.1) is 0 Å². The van der Waals surface area contributed by atoms with Crippen molar-refractivity contribution < 1.29 is 29.0 Å². The Labute approximate surface area is 170 Å². The van der Waals surface area contributed by atoms with Gasteiger partial charge < -0.3 is 15.2 Å². The maximum atomic E-state index is 12.6. The molecule has 2 aromatic carbocycles. The van der Waals surface area contributed by atoms with Gasteiger partial charge in [-0.15, -0.1) is 0 Å².